The molecule has 2 aliphatic heterocycles. The summed E-state index contributed by atoms with van der Waals surface area (Å²) in [5.74, 6) is 2.12. The Kier molecular flexibility index (Phi) is 2.35. The Balaban J connectivity index is 1.62. The molecule has 2 saturated carbocycles. The maximum Gasteiger partial charge on any atom is 0.157 e. The minimum absolute atomic E-state index is 0.0943. The summed E-state index contributed by atoms with van der Waals surface area (Å²) in [4.78, 5) is 2.18. The second-order valence-corrected chi connectivity index (χ2v) is 9.64. The highest BCUT2D eigenvalue weighted by Gasteiger charge is 2.53. The molecule has 18 heavy (non-hydrogen) atoms. The molecule has 0 spiro atoms. The van der Waals surface area contributed by atoms with Crippen molar-refractivity contribution in [2.24, 2.45) is 11.8 Å². The van der Waals surface area contributed by atoms with Crippen LogP contribution >= 0.6 is 11.8 Å². The lowest BCUT2D eigenvalue weighted by Crippen LogP contribution is -2.46. The standard InChI is InChI=1S/C12H18N2O2S2/c13-12-14(9-4-7-1-2-8(9)3-7)10-5-18(15,16)6-11(10)17-12/h7-11,13H,1-6H2/t7-,8-,9-,10-,11+/m0/s1. The Bertz CT molecular complexity index is 504. The third kappa shape index (κ3) is 1.57. The SMILES string of the molecule is N=C1S[C@@H]2CS(=O)(=O)C[C@@H]2N1[C@H]1C[C@H]2CC[C@H]1C2. The summed E-state index contributed by atoms with van der Waals surface area (Å²) in [6.45, 7) is 0. The average molecular weight is 286 g/mol. The van der Waals surface area contributed by atoms with Gasteiger partial charge >= 0.3 is 0 Å². The molecule has 0 aromatic rings. The van der Waals surface area contributed by atoms with Gasteiger partial charge in [0.15, 0.2) is 15.0 Å². The third-order valence-corrected chi connectivity index (χ3v) is 8.33. The summed E-state index contributed by atoms with van der Waals surface area (Å²) in [7, 11) is -2.86. The van der Waals surface area contributed by atoms with Gasteiger partial charge in [0.05, 0.1) is 17.5 Å². The molecule has 2 bridgehead atoms. The van der Waals surface area contributed by atoms with E-state index in [0.29, 0.717) is 11.2 Å². The zero-order chi connectivity index (χ0) is 12.5. The number of fused-ring (bicyclic) bond motifs is 3. The van der Waals surface area contributed by atoms with Crippen molar-refractivity contribution >= 4 is 26.8 Å². The van der Waals surface area contributed by atoms with Gasteiger partial charge in [-0.2, -0.15) is 0 Å². The zero-order valence-electron chi connectivity index (χ0n) is 10.2. The molecule has 0 amide bonds. The lowest BCUT2D eigenvalue weighted by Gasteiger charge is -2.35. The first kappa shape index (κ1) is 11.6. The quantitative estimate of drug-likeness (QED) is 0.790. The van der Waals surface area contributed by atoms with Crippen molar-refractivity contribution in [2.45, 2.75) is 43.0 Å². The van der Waals surface area contributed by atoms with Crippen LogP contribution in [0.2, 0.25) is 0 Å². The monoisotopic (exact) mass is 286 g/mol. The molecule has 2 saturated heterocycles. The van der Waals surface area contributed by atoms with E-state index in [1.807, 2.05) is 0 Å². The lowest BCUT2D eigenvalue weighted by atomic mass is 9.93. The number of amidine groups is 1. The van der Waals surface area contributed by atoms with Crippen LogP contribution in [0.1, 0.15) is 25.7 Å². The van der Waals surface area contributed by atoms with Crippen LogP contribution in [0, 0.1) is 17.2 Å². The zero-order valence-corrected chi connectivity index (χ0v) is 11.8. The molecule has 0 radical (unpaired) electrons. The highest BCUT2D eigenvalue weighted by atomic mass is 32.2. The fraction of sp³-hybridized carbons (Fsp3) is 0.917. The molecule has 4 aliphatic rings. The fourth-order valence-corrected chi connectivity index (χ4v) is 8.32. The topological polar surface area (TPSA) is 61.2 Å². The van der Waals surface area contributed by atoms with Gasteiger partial charge in [-0.05, 0) is 31.1 Å². The molecule has 0 aromatic heterocycles. The number of thioether (sulfide) groups is 1. The number of hydrogen-bond acceptors (Lipinski definition) is 4. The van der Waals surface area contributed by atoms with Crippen LogP contribution in [-0.4, -0.2) is 47.3 Å². The molecule has 1 N–H and O–H groups in total. The first-order valence-corrected chi connectivity index (χ1v) is 9.47. The Hall–Kier alpha value is -0.230. The highest BCUT2D eigenvalue weighted by Crippen LogP contribution is 2.50. The van der Waals surface area contributed by atoms with Crippen molar-refractivity contribution in [2.75, 3.05) is 11.5 Å². The van der Waals surface area contributed by atoms with Crippen LogP contribution in [0.25, 0.3) is 0 Å². The maximum absolute atomic E-state index is 11.8. The number of nitrogens with one attached hydrogen (secondary N) is 1. The Labute approximate surface area is 112 Å². The van der Waals surface area contributed by atoms with E-state index in [2.05, 4.69) is 4.90 Å². The predicted octanol–water partition coefficient (Wildman–Crippen LogP) is 1.32. The summed E-state index contributed by atoms with van der Waals surface area (Å²) in [5, 5.41) is 8.94. The van der Waals surface area contributed by atoms with Gasteiger partial charge in [-0.1, -0.05) is 18.2 Å². The van der Waals surface area contributed by atoms with Crippen LogP contribution in [0.3, 0.4) is 0 Å². The molecule has 5 atom stereocenters. The number of rotatable bonds is 1. The Morgan fingerprint density at radius 2 is 2.00 bits per heavy atom. The van der Waals surface area contributed by atoms with E-state index in [4.69, 9.17) is 5.41 Å². The maximum atomic E-state index is 11.8. The van der Waals surface area contributed by atoms with Gasteiger partial charge in [0, 0.05) is 11.3 Å². The Morgan fingerprint density at radius 3 is 2.67 bits per heavy atom. The minimum Gasteiger partial charge on any atom is -0.343 e. The van der Waals surface area contributed by atoms with Crippen LogP contribution in [0.4, 0.5) is 0 Å². The van der Waals surface area contributed by atoms with Crippen LogP contribution in [0.15, 0.2) is 0 Å². The molecule has 6 heteroatoms. The third-order valence-electron chi connectivity index (χ3n) is 5.18. The van der Waals surface area contributed by atoms with Gasteiger partial charge in [-0.15, -0.1) is 0 Å². The largest absolute Gasteiger partial charge is 0.343 e. The van der Waals surface area contributed by atoms with E-state index < -0.39 is 9.84 Å². The van der Waals surface area contributed by atoms with Gasteiger partial charge in [0.1, 0.15) is 0 Å². The molecule has 100 valence electrons. The normalized spacial score (nSPS) is 49.0. The molecule has 2 aliphatic carbocycles. The second kappa shape index (κ2) is 3.66. The summed E-state index contributed by atoms with van der Waals surface area (Å²) >= 11 is 1.49. The minimum atomic E-state index is -2.86. The van der Waals surface area contributed by atoms with Gasteiger partial charge in [0.25, 0.3) is 0 Å². The van der Waals surface area contributed by atoms with Crippen LogP contribution in [-0.2, 0) is 9.84 Å². The van der Waals surface area contributed by atoms with Crippen molar-refractivity contribution in [3.8, 4) is 0 Å². The summed E-state index contributed by atoms with van der Waals surface area (Å²) < 4.78 is 23.5. The number of nitrogens with zero attached hydrogens (tertiary/aromatic N) is 1. The van der Waals surface area contributed by atoms with Gasteiger partial charge in [-0.3, -0.25) is 5.41 Å². The first-order valence-electron chi connectivity index (χ1n) is 6.77. The number of sulfone groups is 1. The van der Waals surface area contributed by atoms with E-state index in [1.54, 1.807) is 0 Å². The van der Waals surface area contributed by atoms with Crippen molar-refractivity contribution in [1.29, 1.82) is 5.41 Å². The summed E-state index contributed by atoms with van der Waals surface area (Å²) in [6.07, 6.45) is 5.13. The predicted molar refractivity (Wildman–Crippen MR) is 72.6 cm³/mol. The summed E-state index contributed by atoms with van der Waals surface area (Å²) in [5.41, 5.74) is 0. The van der Waals surface area contributed by atoms with E-state index >= 15 is 0 Å². The Morgan fingerprint density at radius 1 is 1.17 bits per heavy atom. The number of hydrogen-bond donors (Lipinski definition) is 1. The molecule has 4 fully saturated rings. The fourth-order valence-electron chi connectivity index (χ4n) is 4.47. The van der Waals surface area contributed by atoms with Crippen molar-refractivity contribution < 1.29 is 8.42 Å². The van der Waals surface area contributed by atoms with Gasteiger partial charge in [0.2, 0.25) is 0 Å². The molecule has 0 unspecified atom stereocenters. The second-order valence-electron chi connectivity index (χ2n) is 6.26. The first-order chi connectivity index (χ1) is 8.53. The van der Waals surface area contributed by atoms with E-state index in [1.165, 1.54) is 37.4 Å². The molecule has 2 heterocycles. The molecule has 4 nitrogen and oxygen atoms in total. The molecule has 0 aromatic carbocycles. The van der Waals surface area contributed by atoms with Crippen LogP contribution < -0.4 is 0 Å². The molecular weight excluding hydrogens is 268 g/mol. The van der Waals surface area contributed by atoms with Crippen molar-refractivity contribution in [1.82, 2.24) is 4.90 Å². The van der Waals surface area contributed by atoms with Crippen LogP contribution in [0.5, 0.6) is 0 Å². The van der Waals surface area contributed by atoms with E-state index in [9.17, 15) is 8.42 Å². The highest BCUT2D eigenvalue weighted by molar-refractivity contribution is 8.15. The van der Waals surface area contributed by atoms with Crippen molar-refractivity contribution in [3.63, 3.8) is 0 Å². The van der Waals surface area contributed by atoms with E-state index in [0.717, 1.165) is 11.8 Å². The van der Waals surface area contributed by atoms with Crippen molar-refractivity contribution in [3.05, 3.63) is 0 Å². The van der Waals surface area contributed by atoms with Gasteiger partial charge in [-0.25, -0.2) is 8.42 Å². The molecular formula is C12H18N2O2S2. The summed E-state index contributed by atoms with van der Waals surface area (Å²) in [6, 6.07) is 0.559. The molecule has 4 rings (SSSR count). The lowest BCUT2D eigenvalue weighted by molar-refractivity contribution is 0.198. The average Bonchev–Trinajstić information content (AvgIpc) is 2.96. The van der Waals surface area contributed by atoms with E-state index in [-0.39, 0.29) is 22.8 Å². The van der Waals surface area contributed by atoms with Gasteiger partial charge < -0.3 is 4.90 Å². The smallest absolute Gasteiger partial charge is 0.157 e.